The fraction of sp³-hybridized carbons (Fsp3) is 0.714. The van der Waals surface area contributed by atoms with Gasteiger partial charge < -0.3 is 9.05 Å². The van der Waals surface area contributed by atoms with Gasteiger partial charge in [-0.3, -0.25) is 4.57 Å². The van der Waals surface area contributed by atoms with Crippen LogP contribution in [0.4, 0.5) is 0 Å². The van der Waals surface area contributed by atoms with E-state index in [1.807, 2.05) is 5.70 Å². The molecular weight excluding hydrogens is 191 g/mol. The van der Waals surface area contributed by atoms with E-state index in [9.17, 15) is 4.57 Å². The van der Waals surface area contributed by atoms with Crippen molar-refractivity contribution < 1.29 is 13.6 Å². The molecule has 0 aliphatic rings. The molecule has 0 bridgehead atoms. The molecule has 0 aromatic heterocycles. The van der Waals surface area contributed by atoms with Gasteiger partial charge >= 0.3 is 7.60 Å². The smallest absolute Gasteiger partial charge is 0.309 e. The predicted molar refractivity (Wildman–Crippen MR) is 54.1 cm³/mol. The first kappa shape index (κ1) is 12.1. The lowest BCUT2D eigenvalue weighted by Gasteiger charge is -2.12. The van der Waals surface area contributed by atoms with Crippen molar-refractivity contribution in [2.45, 2.75) is 19.6 Å². The summed E-state index contributed by atoms with van der Waals surface area (Å²) in [5.74, 6) is 1.55. The van der Waals surface area contributed by atoms with E-state index in [4.69, 9.17) is 9.05 Å². The molecule has 0 rings (SSSR count). The van der Waals surface area contributed by atoms with E-state index in [-0.39, 0.29) is 0 Å². The lowest BCUT2D eigenvalue weighted by molar-refractivity contribution is 0.286. The van der Waals surface area contributed by atoms with E-state index < -0.39 is 15.7 Å². The second kappa shape index (κ2) is 4.37. The van der Waals surface area contributed by atoms with Gasteiger partial charge in [0.2, 0.25) is 0 Å². The van der Waals surface area contributed by atoms with Crippen LogP contribution >= 0.6 is 7.60 Å². The minimum absolute atomic E-state index is 1.31. The second-order valence-electron chi connectivity index (χ2n) is 3.59. The predicted octanol–water partition coefficient (Wildman–Crippen LogP) is 2.86. The molecular formula is C7H17O3PSi. The van der Waals surface area contributed by atoms with E-state index in [0.29, 0.717) is 0 Å². The maximum atomic E-state index is 11.5. The Balaban J connectivity index is 4.42. The van der Waals surface area contributed by atoms with Crippen LogP contribution in [0.1, 0.15) is 0 Å². The molecule has 0 amide bonds. The highest BCUT2D eigenvalue weighted by molar-refractivity contribution is 7.57. The van der Waals surface area contributed by atoms with Crippen molar-refractivity contribution in [2.75, 3.05) is 14.2 Å². The Labute approximate surface area is 75.3 Å². The largest absolute Gasteiger partial charge is 0.352 e. The molecule has 0 radical (unpaired) electrons. The molecule has 72 valence electrons. The molecule has 0 unspecified atom stereocenters. The van der Waals surface area contributed by atoms with Crippen LogP contribution in [0, 0.1) is 0 Å². The molecule has 0 aromatic carbocycles. The first-order valence-electron chi connectivity index (χ1n) is 3.74. The summed E-state index contributed by atoms with van der Waals surface area (Å²) < 4.78 is 21.0. The molecule has 0 aromatic rings. The molecule has 0 aliphatic heterocycles. The molecule has 0 N–H and O–H groups in total. The van der Waals surface area contributed by atoms with Gasteiger partial charge in [0.1, 0.15) is 0 Å². The maximum Gasteiger partial charge on any atom is 0.352 e. The normalized spacial score (nSPS) is 14.1. The van der Waals surface area contributed by atoms with Crippen molar-refractivity contribution in [2.24, 2.45) is 0 Å². The Kier molecular flexibility index (Phi) is 4.41. The van der Waals surface area contributed by atoms with Crippen molar-refractivity contribution in [3.63, 3.8) is 0 Å². The third-order valence-electron chi connectivity index (χ3n) is 1.27. The Hall–Kier alpha value is 0.107. The van der Waals surface area contributed by atoms with Gasteiger partial charge in [0.05, 0.1) is 8.07 Å². The molecule has 0 heterocycles. The van der Waals surface area contributed by atoms with Gasteiger partial charge in [-0.2, -0.15) is 0 Å². The van der Waals surface area contributed by atoms with Crippen molar-refractivity contribution in [1.29, 1.82) is 0 Å². The van der Waals surface area contributed by atoms with Crippen LogP contribution in [0.5, 0.6) is 0 Å². The average molecular weight is 208 g/mol. The summed E-state index contributed by atoms with van der Waals surface area (Å²) in [6.45, 7) is 6.46. The van der Waals surface area contributed by atoms with Crippen LogP contribution in [0.15, 0.2) is 11.5 Å². The summed E-state index contributed by atoms with van der Waals surface area (Å²) in [7, 11) is -1.46. The van der Waals surface area contributed by atoms with Gasteiger partial charge in [-0.15, -0.1) is 0 Å². The number of hydrogen-bond donors (Lipinski definition) is 0. The minimum atomic E-state index is -2.92. The Morgan fingerprint density at radius 1 is 1.17 bits per heavy atom. The second-order valence-corrected chi connectivity index (χ2v) is 10.8. The fourth-order valence-electron chi connectivity index (χ4n) is 0.511. The zero-order valence-corrected chi connectivity index (χ0v) is 10.2. The standard InChI is InChI=1S/C7H17O3PSi/c1-9-11(8,10-2)6-7-12(3,4)5/h6-7H,1-5H3. The third-order valence-corrected chi connectivity index (χ3v) is 4.25. The summed E-state index contributed by atoms with van der Waals surface area (Å²) in [6.07, 6.45) is 0. The fourth-order valence-corrected chi connectivity index (χ4v) is 3.42. The van der Waals surface area contributed by atoms with Crippen LogP contribution < -0.4 is 0 Å². The minimum Gasteiger partial charge on any atom is -0.309 e. The van der Waals surface area contributed by atoms with Crippen LogP contribution in [0.3, 0.4) is 0 Å². The molecule has 0 atom stereocenters. The third kappa shape index (κ3) is 4.88. The van der Waals surface area contributed by atoms with Gasteiger partial charge in [-0.1, -0.05) is 25.3 Å². The molecule has 3 nitrogen and oxygen atoms in total. The monoisotopic (exact) mass is 208 g/mol. The summed E-state index contributed by atoms with van der Waals surface area (Å²) in [5, 5.41) is 0. The van der Waals surface area contributed by atoms with Crippen LogP contribution in [0.25, 0.3) is 0 Å². The van der Waals surface area contributed by atoms with Gasteiger partial charge in [-0.25, -0.2) is 0 Å². The Bertz CT molecular complexity index is 199. The zero-order valence-electron chi connectivity index (χ0n) is 8.33. The average Bonchev–Trinajstić information content (AvgIpc) is 1.99. The summed E-state index contributed by atoms with van der Waals surface area (Å²) >= 11 is 0. The van der Waals surface area contributed by atoms with Gasteiger partial charge in [0.25, 0.3) is 0 Å². The number of rotatable bonds is 4. The molecule has 12 heavy (non-hydrogen) atoms. The molecule has 0 spiro atoms. The molecule has 0 aliphatic carbocycles. The van der Waals surface area contributed by atoms with Crippen molar-refractivity contribution in [1.82, 2.24) is 0 Å². The topological polar surface area (TPSA) is 35.5 Å². The quantitative estimate of drug-likeness (QED) is 0.526. The van der Waals surface area contributed by atoms with Crippen LogP contribution in [0.2, 0.25) is 19.6 Å². The first-order valence-corrected chi connectivity index (χ1v) is 8.93. The van der Waals surface area contributed by atoms with Crippen LogP contribution in [-0.2, 0) is 13.6 Å². The van der Waals surface area contributed by atoms with Crippen molar-refractivity contribution in [3.8, 4) is 0 Å². The Morgan fingerprint density at radius 2 is 1.58 bits per heavy atom. The molecule has 0 saturated carbocycles. The summed E-state index contributed by atoms with van der Waals surface area (Å²) in [6, 6.07) is 0. The SMILES string of the molecule is COP(=O)(C=C[Si](C)(C)C)OC. The van der Waals surface area contributed by atoms with Crippen molar-refractivity contribution >= 4 is 15.7 Å². The van der Waals surface area contributed by atoms with E-state index in [1.165, 1.54) is 14.2 Å². The van der Waals surface area contributed by atoms with Crippen molar-refractivity contribution in [3.05, 3.63) is 11.5 Å². The van der Waals surface area contributed by atoms with Gasteiger partial charge in [-0.05, 0) is 0 Å². The van der Waals surface area contributed by atoms with Gasteiger partial charge in [0.15, 0.2) is 0 Å². The highest BCUT2D eigenvalue weighted by Crippen LogP contribution is 2.48. The van der Waals surface area contributed by atoms with E-state index in [2.05, 4.69) is 19.6 Å². The highest BCUT2D eigenvalue weighted by Gasteiger charge is 2.18. The highest BCUT2D eigenvalue weighted by atomic mass is 31.2. The Morgan fingerprint density at radius 3 is 1.83 bits per heavy atom. The summed E-state index contributed by atoms with van der Waals surface area (Å²) in [4.78, 5) is 0. The van der Waals surface area contributed by atoms with E-state index >= 15 is 0 Å². The maximum absolute atomic E-state index is 11.5. The van der Waals surface area contributed by atoms with Crippen LogP contribution in [-0.4, -0.2) is 22.3 Å². The molecule has 5 heteroatoms. The van der Waals surface area contributed by atoms with E-state index in [1.54, 1.807) is 5.82 Å². The lowest BCUT2D eigenvalue weighted by Crippen LogP contribution is -2.15. The first-order chi connectivity index (χ1) is 5.33. The van der Waals surface area contributed by atoms with Gasteiger partial charge in [0, 0.05) is 20.0 Å². The number of hydrogen-bond acceptors (Lipinski definition) is 3. The van der Waals surface area contributed by atoms with E-state index in [0.717, 1.165) is 0 Å². The zero-order chi connectivity index (χ0) is 9.83. The molecule has 0 saturated heterocycles. The lowest BCUT2D eigenvalue weighted by atomic mass is 11.2. The summed E-state index contributed by atoms with van der Waals surface area (Å²) in [5.41, 5.74) is 1.96. The molecule has 0 fully saturated rings.